The highest BCUT2D eigenvalue weighted by Crippen LogP contribution is 2.23. The second-order valence-corrected chi connectivity index (χ2v) is 7.10. The molecule has 1 aromatic heterocycles. The highest BCUT2D eigenvalue weighted by atomic mass is 32.2. The number of anilines is 1. The zero-order valence-electron chi connectivity index (χ0n) is 14.3. The van der Waals surface area contributed by atoms with E-state index in [9.17, 15) is 4.79 Å². The van der Waals surface area contributed by atoms with Crippen molar-refractivity contribution in [2.45, 2.75) is 32.0 Å². The third-order valence-electron chi connectivity index (χ3n) is 4.31. The van der Waals surface area contributed by atoms with Gasteiger partial charge in [0.25, 0.3) is 0 Å². The Kier molecular flexibility index (Phi) is 5.08. The Balaban J connectivity index is 1.57. The predicted octanol–water partition coefficient (Wildman–Crippen LogP) is 2.25. The molecule has 1 N–H and O–H groups in total. The number of hydrogen-bond acceptors (Lipinski definition) is 5. The van der Waals surface area contributed by atoms with E-state index in [0.717, 1.165) is 25.5 Å². The van der Waals surface area contributed by atoms with Gasteiger partial charge in [-0.2, -0.15) is 0 Å². The molecule has 0 bridgehead atoms. The number of H-pyrrole nitrogens is 1. The Morgan fingerprint density at radius 1 is 1.33 bits per heavy atom. The number of benzene rings is 1. The molecule has 2 heterocycles. The standard InChI is InChI=1S/C17H23N5OS/c1-12-6-4-5-7-15(12)21-8-9-22(13(2)10-21)16(23)11-24-17-18-14(3)19-20-17/h4-7,13H,8-11H2,1-3H3,(H,18,19,20)/t13-/m0/s1. The van der Waals surface area contributed by atoms with E-state index in [1.165, 1.54) is 23.0 Å². The number of aromatic nitrogens is 3. The van der Waals surface area contributed by atoms with Gasteiger partial charge in [-0.05, 0) is 32.4 Å². The first-order chi connectivity index (χ1) is 11.5. The maximum Gasteiger partial charge on any atom is 0.233 e. The molecule has 0 spiro atoms. The number of nitrogens with one attached hydrogen (secondary N) is 1. The van der Waals surface area contributed by atoms with Crippen LogP contribution in [0.1, 0.15) is 18.3 Å². The molecular weight excluding hydrogens is 322 g/mol. The summed E-state index contributed by atoms with van der Waals surface area (Å²) in [6.45, 7) is 8.58. The molecule has 7 heteroatoms. The summed E-state index contributed by atoms with van der Waals surface area (Å²) >= 11 is 1.39. The summed E-state index contributed by atoms with van der Waals surface area (Å²) in [7, 11) is 0. The molecule has 1 aliphatic rings. The molecule has 0 unspecified atom stereocenters. The number of para-hydroxylation sites is 1. The van der Waals surface area contributed by atoms with Crippen molar-refractivity contribution in [3.63, 3.8) is 0 Å². The van der Waals surface area contributed by atoms with E-state index in [1.54, 1.807) is 0 Å². The van der Waals surface area contributed by atoms with Crippen LogP contribution in [-0.4, -0.2) is 57.4 Å². The fourth-order valence-corrected chi connectivity index (χ4v) is 3.79. The molecule has 0 saturated carbocycles. The first-order valence-electron chi connectivity index (χ1n) is 8.16. The van der Waals surface area contributed by atoms with E-state index in [0.29, 0.717) is 10.9 Å². The fraction of sp³-hybridized carbons (Fsp3) is 0.471. The van der Waals surface area contributed by atoms with Crippen LogP contribution in [0, 0.1) is 13.8 Å². The number of rotatable bonds is 4. The molecule has 6 nitrogen and oxygen atoms in total. The maximum absolute atomic E-state index is 12.5. The molecule has 128 valence electrons. The molecule has 1 saturated heterocycles. The number of hydrogen-bond donors (Lipinski definition) is 1. The molecule has 3 rings (SSSR count). The van der Waals surface area contributed by atoms with Crippen LogP contribution >= 0.6 is 11.8 Å². The highest BCUT2D eigenvalue weighted by molar-refractivity contribution is 7.99. The molecule has 1 atom stereocenters. The number of carbonyl (C=O) groups is 1. The average molecular weight is 345 g/mol. The minimum atomic E-state index is 0.152. The van der Waals surface area contributed by atoms with Gasteiger partial charge in [0.15, 0.2) is 0 Å². The molecular formula is C17H23N5OS. The minimum Gasteiger partial charge on any atom is -0.367 e. The number of amides is 1. The summed E-state index contributed by atoms with van der Waals surface area (Å²) in [4.78, 5) is 21.1. The Morgan fingerprint density at radius 3 is 2.79 bits per heavy atom. The lowest BCUT2D eigenvalue weighted by Gasteiger charge is -2.41. The van der Waals surface area contributed by atoms with Gasteiger partial charge < -0.3 is 9.80 Å². The second kappa shape index (κ2) is 7.25. The van der Waals surface area contributed by atoms with Crippen LogP contribution in [0.5, 0.6) is 0 Å². The Bertz CT molecular complexity index is 717. The van der Waals surface area contributed by atoms with Crippen molar-refractivity contribution in [2.24, 2.45) is 0 Å². The van der Waals surface area contributed by atoms with Gasteiger partial charge in [0.05, 0.1) is 5.75 Å². The van der Waals surface area contributed by atoms with Gasteiger partial charge in [-0.15, -0.1) is 5.10 Å². The van der Waals surface area contributed by atoms with Crippen molar-refractivity contribution < 1.29 is 4.79 Å². The summed E-state index contributed by atoms with van der Waals surface area (Å²) in [5.74, 6) is 1.30. The lowest BCUT2D eigenvalue weighted by molar-refractivity contribution is -0.130. The molecule has 0 radical (unpaired) electrons. The number of aryl methyl sites for hydroxylation is 2. The van der Waals surface area contributed by atoms with Gasteiger partial charge in [-0.3, -0.25) is 9.89 Å². The van der Waals surface area contributed by atoms with Crippen LogP contribution in [0.2, 0.25) is 0 Å². The zero-order valence-corrected chi connectivity index (χ0v) is 15.1. The molecule has 1 fully saturated rings. The molecule has 24 heavy (non-hydrogen) atoms. The summed E-state index contributed by atoms with van der Waals surface area (Å²) in [5.41, 5.74) is 2.54. The first kappa shape index (κ1) is 16.8. The topological polar surface area (TPSA) is 65.1 Å². The lowest BCUT2D eigenvalue weighted by atomic mass is 10.1. The summed E-state index contributed by atoms with van der Waals surface area (Å²) in [6.07, 6.45) is 0. The van der Waals surface area contributed by atoms with E-state index in [4.69, 9.17) is 0 Å². The Hall–Kier alpha value is -2.02. The largest absolute Gasteiger partial charge is 0.367 e. The lowest BCUT2D eigenvalue weighted by Crippen LogP contribution is -2.54. The van der Waals surface area contributed by atoms with Gasteiger partial charge in [0, 0.05) is 31.4 Å². The quantitative estimate of drug-likeness (QED) is 0.861. The number of nitrogens with zero attached hydrogens (tertiary/aromatic N) is 4. The second-order valence-electron chi connectivity index (χ2n) is 6.16. The van der Waals surface area contributed by atoms with Gasteiger partial charge in [0.2, 0.25) is 11.1 Å². The maximum atomic E-state index is 12.5. The third kappa shape index (κ3) is 3.72. The monoisotopic (exact) mass is 345 g/mol. The first-order valence-corrected chi connectivity index (χ1v) is 9.15. The molecule has 1 aliphatic heterocycles. The Morgan fingerprint density at radius 2 is 2.12 bits per heavy atom. The molecule has 1 amide bonds. The van der Waals surface area contributed by atoms with E-state index < -0.39 is 0 Å². The highest BCUT2D eigenvalue weighted by Gasteiger charge is 2.28. The number of thioether (sulfide) groups is 1. The van der Waals surface area contributed by atoms with Crippen LogP contribution in [0.4, 0.5) is 5.69 Å². The zero-order chi connectivity index (χ0) is 17.1. The summed E-state index contributed by atoms with van der Waals surface area (Å²) < 4.78 is 0. The summed E-state index contributed by atoms with van der Waals surface area (Å²) in [5, 5.41) is 7.49. The SMILES string of the molecule is Cc1nc(SCC(=O)N2CCN(c3ccccc3C)C[C@@H]2C)n[nH]1. The van der Waals surface area contributed by atoms with Crippen molar-refractivity contribution in [3.05, 3.63) is 35.7 Å². The number of carbonyl (C=O) groups excluding carboxylic acids is 1. The van der Waals surface area contributed by atoms with Crippen LogP contribution < -0.4 is 4.90 Å². The van der Waals surface area contributed by atoms with Gasteiger partial charge in [-0.1, -0.05) is 30.0 Å². The Labute approximate surface area is 146 Å². The van der Waals surface area contributed by atoms with E-state index in [1.807, 2.05) is 11.8 Å². The molecule has 2 aromatic rings. The van der Waals surface area contributed by atoms with Crippen molar-refractivity contribution in [1.29, 1.82) is 0 Å². The predicted molar refractivity (Wildman–Crippen MR) is 96.4 cm³/mol. The van der Waals surface area contributed by atoms with Gasteiger partial charge >= 0.3 is 0 Å². The van der Waals surface area contributed by atoms with Crippen LogP contribution in [0.25, 0.3) is 0 Å². The molecule has 1 aromatic carbocycles. The van der Waals surface area contributed by atoms with Crippen LogP contribution in [0.3, 0.4) is 0 Å². The van der Waals surface area contributed by atoms with E-state index in [2.05, 4.69) is 58.2 Å². The summed E-state index contributed by atoms with van der Waals surface area (Å²) in [6, 6.07) is 8.61. The average Bonchev–Trinajstić information content (AvgIpc) is 2.98. The van der Waals surface area contributed by atoms with E-state index >= 15 is 0 Å². The fourth-order valence-electron chi connectivity index (χ4n) is 3.06. The molecule has 0 aliphatic carbocycles. The van der Waals surface area contributed by atoms with Crippen molar-refractivity contribution >= 4 is 23.4 Å². The van der Waals surface area contributed by atoms with Crippen molar-refractivity contribution in [3.8, 4) is 0 Å². The third-order valence-corrected chi connectivity index (χ3v) is 5.14. The van der Waals surface area contributed by atoms with Crippen LogP contribution in [0.15, 0.2) is 29.4 Å². The normalized spacial score (nSPS) is 18.0. The minimum absolute atomic E-state index is 0.152. The smallest absolute Gasteiger partial charge is 0.233 e. The van der Waals surface area contributed by atoms with Crippen molar-refractivity contribution in [1.82, 2.24) is 20.1 Å². The van der Waals surface area contributed by atoms with Crippen LogP contribution in [-0.2, 0) is 4.79 Å². The van der Waals surface area contributed by atoms with Gasteiger partial charge in [0.1, 0.15) is 5.82 Å². The number of piperazine rings is 1. The number of aromatic amines is 1. The van der Waals surface area contributed by atoms with Crippen molar-refractivity contribution in [2.75, 3.05) is 30.3 Å². The van der Waals surface area contributed by atoms with Gasteiger partial charge in [-0.25, -0.2) is 4.98 Å². The van der Waals surface area contributed by atoms with E-state index in [-0.39, 0.29) is 11.9 Å².